The summed E-state index contributed by atoms with van der Waals surface area (Å²) >= 11 is 0. The van der Waals surface area contributed by atoms with Gasteiger partial charge in [0.1, 0.15) is 12.2 Å². The number of carbonyl (C=O) groups is 2. The number of nitrogens with one attached hydrogen (secondary N) is 1. The van der Waals surface area contributed by atoms with Gasteiger partial charge in [-0.3, -0.25) is 4.79 Å². The lowest BCUT2D eigenvalue weighted by Crippen LogP contribution is -2.52. The number of amides is 1. The van der Waals surface area contributed by atoms with E-state index in [1.54, 1.807) is 0 Å². The van der Waals surface area contributed by atoms with Crippen molar-refractivity contribution in [2.45, 2.75) is 128 Å². The molecule has 6 N–H and O–H groups in total. The standard InChI is InChI=1S/C23H45NO7/c1-2-3-4-5-6-7-8-9-10-11-12-13-14-15-16-17-24-22(29)20(27)18(25)19(26)21(28)23(30)31/h18-21,25-28H,2-17H2,1H3,(H,24,29)(H,30,31)/t18-,19-,20+,21-/m1/s1. The van der Waals surface area contributed by atoms with Crippen LogP contribution in [0.5, 0.6) is 0 Å². The summed E-state index contributed by atoms with van der Waals surface area (Å²) < 4.78 is 0. The molecular formula is C23H45NO7. The van der Waals surface area contributed by atoms with Gasteiger partial charge in [0.05, 0.1) is 0 Å². The fourth-order valence-electron chi connectivity index (χ4n) is 3.49. The first-order chi connectivity index (χ1) is 14.8. The maximum Gasteiger partial charge on any atom is 0.335 e. The number of aliphatic carboxylic acids is 1. The molecule has 0 saturated carbocycles. The molecule has 0 aromatic rings. The number of rotatable bonds is 21. The van der Waals surface area contributed by atoms with E-state index >= 15 is 0 Å². The number of carboxylic acids is 1. The lowest BCUT2D eigenvalue weighted by Gasteiger charge is -2.23. The summed E-state index contributed by atoms with van der Waals surface area (Å²) in [5.74, 6) is -2.66. The van der Waals surface area contributed by atoms with Gasteiger partial charge in [-0.2, -0.15) is 0 Å². The largest absolute Gasteiger partial charge is 0.479 e. The third-order valence-electron chi connectivity index (χ3n) is 5.60. The Morgan fingerprint density at radius 1 is 0.613 bits per heavy atom. The van der Waals surface area contributed by atoms with Crippen LogP contribution in [0.25, 0.3) is 0 Å². The predicted molar refractivity (Wildman–Crippen MR) is 120 cm³/mol. The zero-order valence-electron chi connectivity index (χ0n) is 19.2. The summed E-state index contributed by atoms with van der Waals surface area (Å²) in [6.45, 7) is 2.56. The second-order valence-corrected chi connectivity index (χ2v) is 8.45. The minimum absolute atomic E-state index is 0.318. The maximum atomic E-state index is 11.8. The minimum Gasteiger partial charge on any atom is -0.479 e. The van der Waals surface area contributed by atoms with Gasteiger partial charge in [0, 0.05) is 6.54 Å². The van der Waals surface area contributed by atoms with Crippen molar-refractivity contribution in [3.8, 4) is 0 Å². The first-order valence-electron chi connectivity index (χ1n) is 12.1. The summed E-state index contributed by atoms with van der Waals surface area (Å²) in [5, 5.41) is 49.0. The van der Waals surface area contributed by atoms with Crippen molar-refractivity contribution in [1.82, 2.24) is 5.32 Å². The van der Waals surface area contributed by atoms with E-state index in [0.29, 0.717) is 6.54 Å². The van der Waals surface area contributed by atoms with E-state index < -0.39 is 36.3 Å². The molecule has 0 aromatic carbocycles. The molecule has 0 aliphatic heterocycles. The Bertz CT molecular complexity index is 461. The molecule has 0 fully saturated rings. The second-order valence-electron chi connectivity index (χ2n) is 8.45. The van der Waals surface area contributed by atoms with Crippen molar-refractivity contribution in [3.05, 3.63) is 0 Å². The molecule has 0 aliphatic carbocycles. The van der Waals surface area contributed by atoms with Crippen LogP contribution in [0.1, 0.15) is 103 Å². The summed E-state index contributed by atoms with van der Waals surface area (Å²) in [6, 6.07) is 0. The highest BCUT2D eigenvalue weighted by Gasteiger charge is 2.37. The van der Waals surface area contributed by atoms with Gasteiger partial charge in [-0.1, -0.05) is 96.8 Å². The Morgan fingerprint density at radius 3 is 1.35 bits per heavy atom. The Balaban J connectivity index is 3.56. The van der Waals surface area contributed by atoms with Crippen LogP contribution in [0.15, 0.2) is 0 Å². The molecule has 0 saturated heterocycles. The molecular weight excluding hydrogens is 402 g/mol. The Morgan fingerprint density at radius 2 is 0.968 bits per heavy atom. The molecule has 0 radical (unpaired) electrons. The molecule has 184 valence electrons. The fraction of sp³-hybridized carbons (Fsp3) is 0.913. The van der Waals surface area contributed by atoms with Crippen LogP contribution in [0.4, 0.5) is 0 Å². The third kappa shape index (κ3) is 15.3. The topological polar surface area (TPSA) is 147 Å². The summed E-state index contributed by atoms with van der Waals surface area (Å²) in [6.07, 6.45) is 9.96. The molecule has 31 heavy (non-hydrogen) atoms. The van der Waals surface area contributed by atoms with Gasteiger partial charge in [-0.25, -0.2) is 4.79 Å². The molecule has 0 unspecified atom stereocenters. The van der Waals surface area contributed by atoms with Gasteiger partial charge in [0.25, 0.3) is 5.91 Å². The first kappa shape index (κ1) is 29.8. The lowest BCUT2D eigenvalue weighted by atomic mass is 10.0. The minimum atomic E-state index is -2.28. The van der Waals surface area contributed by atoms with E-state index in [2.05, 4.69) is 12.2 Å². The monoisotopic (exact) mass is 447 g/mol. The number of carbonyl (C=O) groups excluding carboxylic acids is 1. The number of aliphatic hydroxyl groups is 4. The van der Waals surface area contributed by atoms with Gasteiger partial charge in [0.15, 0.2) is 12.2 Å². The highest BCUT2D eigenvalue weighted by Crippen LogP contribution is 2.13. The van der Waals surface area contributed by atoms with Crippen molar-refractivity contribution < 1.29 is 35.1 Å². The average molecular weight is 448 g/mol. The molecule has 0 heterocycles. The summed E-state index contributed by atoms with van der Waals surface area (Å²) in [7, 11) is 0. The predicted octanol–water partition coefficient (Wildman–Crippen LogP) is 2.50. The number of hydrogen-bond donors (Lipinski definition) is 6. The van der Waals surface area contributed by atoms with Gasteiger partial charge in [-0.05, 0) is 6.42 Å². The van der Waals surface area contributed by atoms with E-state index in [-0.39, 0.29) is 0 Å². The van der Waals surface area contributed by atoms with Crippen LogP contribution in [0.2, 0.25) is 0 Å². The highest BCUT2D eigenvalue weighted by molar-refractivity contribution is 5.81. The van der Waals surface area contributed by atoms with Gasteiger partial charge >= 0.3 is 5.97 Å². The van der Waals surface area contributed by atoms with Crippen molar-refractivity contribution in [3.63, 3.8) is 0 Å². The van der Waals surface area contributed by atoms with Gasteiger partial charge < -0.3 is 30.8 Å². The maximum absolute atomic E-state index is 11.8. The van der Waals surface area contributed by atoms with Crippen molar-refractivity contribution >= 4 is 11.9 Å². The number of hydrogen-bond acceptors (Lipinski definition) is 6. The average Bonchev–Trinajstić information content (AvgIpc) is 2.76. The van der Waals surface area contributed by atoms with Crippen LogP contribution in [-0.2, 0) is 9.59 Å². The fourth-order valence-corrected chi connectivity index (χ4v) is 3.49. The molecule has 0 aromatic heterocycles. The normalized spacial score (nSPS) is 15.3. The first-order valence-corrected chi connectivity index (χ1v) is 12.1. The van der Waals surface area contributed by atoms with E-state index in [9.17, 15) is 24.9 Å². The molecule has 8 heteroatoms. The molecule has 4 atom stereocenters. The van der Waals surface area contributed by atoms with Crippen LogP contribution < -0.4 is 5.32 Å². The third-order valence-corrected chi connectivity index (χ3v) is 5.60. The summed E-state index contributed by atoms with van der Waals surface area (Å²) in [4.78, 5) is 22.3. The van der Waals surface area contributed by atoms with Crippen LogP contribution >= 0.6 is 0 Å². The molecule has 0 bridgehead atoms. The van der Waals surface area contributed by atoms with E-state index in [4.69, 9.17) is 10.2 Å². The summed E-state index contributed by atoms with van der Waals surface area (Å²) in [5.41, 5.74) is 0. The van der Waals surface area contributed by atoms with Crippen molar-refractivity contribution in [2.24, 2.45) is 0 Å². The lowest BCUT2D eigenvalue weighted by molar-refractivity contribution is -0.166. The molecule has 0 rings (SSSR count). The number of unbranched alkanes of at least 4 members (excludes halogenated alkanes) is 14. The van der Waals surface area contributed by atoms with Gasteiger partial charge in [-0.15, -0.1) is 0 Å². The molecule has 1 amide bonds. The number of carboxylic acid groups (broad SMARTS) is 1. The smallest absolute Gasteiger partial charge is 0.335 e. The van der Waals surface area contributed by atoms with Crippen LogP contribution in [0.3, 0.4) is 0 Å². The van der Waals surface area contributed by atoms with Crippen molar-refractivity contribution in [2.75, 3.05) is 6.54 Å². The quantitative estimate of drug-likeness (QED) is 0.148. The van der Waals surface area contributed by atoms with Crippen LogP contribution in [-0.4, -0.2) is 68.4 Å². The van der Waals surface area contributed by atoms with E-state index in [0.717, 1.165) is 25.7 Å². The SMILES string of the molecule is CCCCCCCCCCCCCCCCCNC(=O)[C@@H](O)[C@H](O)[C@@H](O)[C@@H](O)C(=O)O. The van der Waals surface area contributed by atoms with E-state index in [1.165, 1.54) is 70.6 Å². The van der Waals surface area contributed by atoms with Crippen LogP contribution in [0, 0.1) is 0 Å². The molecule has 0 aliphatic rings. The Labute approximate surface area is 187 Å². The number of aliphatic hydroxyl groups excluding tert-OH is 4. The Hall–Kier alpha value is -1.22. The second kappa shape index (κ2) is 19.5. The van der Waals surface area contributed by atoms with E-state index in [1.807, 2.05) is 0 Å². The highest BCUT2D eigenvalue weighted by atomic mass is 16.4. The Kier molecular flexibility index (Phi) is 18.7. The zero-order valence-corrected chi connectivity index (χ0v) is 19.2. The zero-order chi connectivity index (χ0) is 23.5. The van der Waals surface area contributed by atoms with Crippen molar-refractivity contribution in [1.29, 1.82) is 0 Å². The van der Waals surface area contributed by atoms with Gasteiger partial charge in [0.2, 0.25) is 0 Å². The molecule has 0 spiro atoms. The molecule has 8 nitrogen and oxygen atoms in total.